The van der Waals surface area contributed by atoms with E-state index < -0.39 is 0 Å². The van der Waals surface area contributed by atoms with E-state index in [-0.39, 0.29) is 5.91 Å². The number of rotatable bonds is 2. The number of hydrogen-bond donors (Lipinski definition) is 1. The van der Waals surface area contributed by atoms with Crippen molar-refractivity contribution >= 4 is 50.5 Å². The fourth-order valence-electron chi connectivity index (χ4n) is 4.24. The Labute approximate surface area is 174 Å². The van der Waals surface area contributed by atoms with Crippen molar-refractivity contribution < 1.29 is 9.69 Å². The number of quaternary nitrogens is 1. The Hall–Kier alpha value is -2.63. The first-order valence-electron chi connectivity index (χ1n) is 10.2. The van der Waals surface area contributed by atoms with Gasteiger partial charge in [0.1, 0.15) is 0 Å². The summed E-state index contributed by atoms with van der Waals surface area (Å²) in [5.41, 5.74) is 1.10. The van der Waals surface area contributed by atoms with Gasteiger partial charge in [0, 0.05) is 0 Å². The first-order valence-corrected chi connectivity index (χ1v) is 11.1. The number of nitrogens with one attached hydrogen (secondary N) is 1. The van der Waals surface area contributed by atoms with E-state index >= 15 is 0 Å². The van der Waals surface area contributed by atoms with Gasteiger partial charge in [0.05, 0.1) is 37.6 Å². The third-order valence-electron chi connectivity index (χ3n) is 5.94. The number of hydrogen-bond acceptors (Lipinski definition) is 3. The summed E-state index contributed by atoms with van der Waals surface area (Å²) in [5.74, 6) is -0.118. The summed E-state index contributed by atoms with van der Waals surface area (Å²) in [7, 11) is 0. The Morgan fingerprint density at radius 2 is 1.66 bits per heavy atom. The molecule has 0 atom stereocenters. The Bertz CT molecular complexity index is 1110. The van der Waals surface area contributed by atoms with Gasteiger partial charge < -0.3 is 9.80 Å². The smallest absolute Gasteiger partial charge is 0.286 e. The Morgan fingerprint density at radius 1 is 1.03 bits per heavy atom. The minimum atomic E-state index is -0.118. The number of amides is 1. The van der Waals surface area contributed by atoms with Crippen LogP contribution in [0, 0.1) is 0 Å². The summed E-state index contributed by atoms with van der Waals surface area (Å²) in [5, 5.41) is 5.57. The predicted octanol–water partition coefficient (Wildman–Crippen LogP) is 3.18. The number of nitrogens with zero attached hydrogens (tertiary/aromatic N) is 2. The third-order valence-corrected chi connectivity index (χ3v) is 6.98. The lowest BCUT2D eigenvalue weighted by Crippen LogP contribution is -3.14. The van der Waals surface area contributed by atoms with Crippen LogP contribution in [0.1, 0.15) is 12.5 Å². The summed E-state index contributed by atoms with van der Waals surface area (Å²) < 4.78 is 0. The normalized spacial score (nSPS) is 19.5. The average molecular weight is 403 g/mol. The van der Waals surface area contributed by atoms with Crippen molar-refractivity contribution in [3.05, 3.63) is 65.1 Å². The Morgan fingerprint density at radius 3 is 2.28 bits per heavy atom. The van der Waals surface area contributed by atoms with E-state index in [1.165, 1.54) is 33.3 Å². The largest absolute Gasteiger partial charge is 0.339 e. The van der Waals surface area contributed by atoms with Crippen LogP contribution in [0.5, 0.6) is 0 Å². The molecule has 1 amide bonds. The molecule has 0 bridgehead atoms. The van der Waals surface area contributed by atoms with Crippen LogP contribution in [-0.4, -0.2) is 48.7 Å². The lowest BCUT2D eigenvalue weighted by atomic mass is 9.96. The van der Waals surface area contributed by atoms with Crippen LogP contribution in [0.2, 0.25) is 0 Å². The van der Waals surface area contributed by atoms with Crippen molar-refractivity contribution in [2.45, 2.75) is 6.92 Å². The average Bonchev–Trinajstić information content (AvgIpc) is 3.14. The molecule has 5 rings (SSSR count). The molecule has 29 heavy (non-hydrogen) atoms. The SMILES string of the molecule is CC[NH+]1CCN(C2=NC(=O)/C(=C/c3c4ccccc4cc4ccccc34)S2)CC1. The van der Waals surface area contributed by atoms with Crippen LogP contribution in [0.25, 0.3) is 27.6 Å². The quantitative estimate of drug-likeness (QED) is 0.528. The fraction of sp³-hybridized carbons (Fsp3) is 0.250. The number of piperazine rings is 1. The molecule has 2 aliphatic rings. The molecule has 1 fully saturated rings. The molecule has 0 aromatic heterocycles. The van der Waals surface area contributed by atoms with Gasteiger partial charge in [-0.2, -0.15) is 4.99 Å². The zero-order valence-corrected chi connectivity index (χ0v) is 17.3. The van der Waals surface area contributed by atoms with Crippen LogP contribution in [-0.2, 0) is 4.79 Å². The number of thioether (sulfide) groups is 1. The van der Waals surface area contributed by atoms with Crippen LogP contribution in [0.15, 0.2) is 64.5 Å². The highest BCUT2D eigenvalue weighted by Gasteiger charge is 2.29. The zero-order valence-electron chi connectivity index (χ0n) is 16.5. The number of likely N-dealkylation sites (N-methyl/N-ethyl adjacent to an activating group) is 1. The van der Waals surface area contributed by atoms with E-state index in [4.69, 9.17) is 0 Å². The second-order valence-electron chi connectivity index (χ2n) is 7.63. The van der Waals surface area contributed by atoms with Crippen molar-refractivity contribution in [1.82, 2.24) is 4.90 Å². The van der Waals surface area contributed by atoms with Gasteiger partial charge in [0.15, 0.2) is 5.17 Å². The maximum Gasteiger partial charge on any atom is 0.286 e. The van der Waals surface area contributed by atoms with E-state index in [1.54, 1.807) is 4.90 Å². The first-order chi connectivity index (χ1) is 14.2. The van der Waals surface area contributed by atoms with E-state index in [0.717, 1.165) is 43.5 Å². The molecule has 2 heterocycles. The van der Waals surface area contributed by atoms with E-state index in [9.17, 15) is 4.79 Å². The topological polar surface area (TPSA) is 37.1 Å². The standard InChI is InChI=1S/C24H23N3OS/c1-2-26-11-13-27(14-12-26)24-25-23(28)22(29-24)16-21-19-9-5-3-7-17(19)15-18-8-4-6-10-20(18)21/h3-10,15-16H,2,11-14H2,1H3/p+1/b22-16-. The van der Waals surface area contributed by atoms with Crippen molar-refractivity contribution in [3.63, 3.8) is 0 Å². The second-order valence-corrected chi connectivity index (χ2v) is 8.64. The van der Waals surface area contributed by atoms with E-state index in [0.29, 0.717) is 4.91 Å². The number of aliphatic imine (C=N–C) groups is 1. The van der Waals surface area contributed by atoms with Crippen molar-refractivity contribution in [2.24, 2.45) is 4.99 Å². The molecular weight excluding hydrogens is 378 g/mol. The highest BCUT2D eigenvalue weighted by molar-refractivity contribution is 8.18. The summed E-state index contributed by atoms with van der Waals surface area (Å²) in [6.07, 6.45) is 2.04. The molecule has 0 spiro atoms. The van der Waals surface area contributed by atoms with Crippen molar-refractivity contribution in [2.75, 3.05) is 32.7 Å². The van der Waals surface area contributed by atoms with Gasteiger partial charge in [-0.3, -0.25) is 4.79 Å². The molecule has 146 valence electrons. The molecule has 3 aromatic carbocycles. The van der Waals surface area contributed by atoms with Crippen LogP contribution >= 0.6 is 11.8 Å². The molecule has 1 saturated heterocycles. The van der Waals surface area contributed by atoms with Crippen molar-refractivity contribution in [3.8, 4) is 0 Å². The molecule has 2 aliphatic heterocycles. The highest BCUT2D eigenvalue weighted by Crippen LogP contribution is 2.35. The third kappa shape index (κ3) is 3.45. The van der Waals surface area contributed by atoms with Gasteiger partial charge in [-0.25, -0.2) is 0 Å². The summed E-state index contributed by atoms with van der Waals surface area (Å²) >= 11 is 1.52. The van der Waals surface area contributed by atoms with E-state index in [1.807, 2.05) is 6.08 Å². The number of carbonyl (C=O) groups is 1. The van der Waals surface area contributed by atoms with E-state index in [2.05, 4.69) is 71.4 Å². The number of fused-ring (bicyclic) bond motifs is 2. The molecule has 0 radical (unpaired) electrons. The Kier molecular flexibility index (Phi) is 4.86. The van der Waals surface area contributed by atoms with Gasteiger partial charge >= 0.3 is 0 Å². The minimum absolute atomic E-state index is 0.118. The molecule has 5 heteroatoms. The Balaban J connectivity index is 1.51. The fourth-order valence-corrected chi connectivity index (χ4v) is 5.18. The van der Waals surface area contributed by atoms with Gasteiger partial charge in [0.25, 0.3) is 5.91 Å². The maximum absolute atomic E-state index is 12.7. The van der Waals surface area contributed by atoms with Gasteiger partial charge in [-0.1, -0.05) is 48.5 Å². The van der Waals surface area contributed by atoms with Crippen LogP contribution in [0.3, 0.4) is 0 Å². The summed E-state index contributed by atoms with van der Waals surface area (Å²) in [6, 6.07) is 19.0. The first kappa shape index (κ1) is 18.4. The molecule has 0 aliphatic carbocycles. The lowest BCUT2D eigenvalue weighted by Gasteiger charge is -2.32. The molecule has 4 nitrogen and oxygen atoms in total. The lowest BCUT2D eigenvalue weighted by molar-refractivity contribution is -0.902. The zero-order chi connectivity index (χ0) is 19.8. The van der Waals surface area contributed by atoms with Crippen LogP contribution in [0.4, 0.5) is 0 Å². The maximum atomic E-state index is 12.7. The molecule has 0 unspecified atom stereocenters. The van der Waals surface area contributed by atoms with Gasteiger partial charge in [0.2, 0.25) is 0 Å². The minimum Gasteiger partial charge on any atom is -0.339 e. The summed E-state index contributed by atoms with van der Waals surface area (Å²) in [4.78, 5) is 21.7. The van der Waals surface area contributed by atoms with Crippen LogP contribution < -0.4 is 4.90 Å². The van der Waals surface area contributed by atoms with Gasteiger partial charge in [-0.15, -0.1) is 0 Å². The molecular formula is C24H24N3OS+. The molecule has 1 N–H and O–H groups in total. The summed E-state index contributed by atoms with van der Waals surface area (Å²) in [6.45, 7) is 7.53. The van der Waals surface area contributed by atoms with Gasteiger partial charge in [-0.05, 0) is 57.9 Å². The number of carbonyl (C=O) groups excluding carboxylic acids is 1. The monoisotopic (exact) mass is 402 g/mol. The number of amidine groups is 1. The number of benzene rings is 3. The second kappa shape index (κ2) is 7.65. The van der Waals surface area contributed by atoms with Crippen molar-refractivity contribution in [1.29, 1.82) is 0 Å². The molecule has 0 saturated carbocycles. The molecule has 3 aromatic rings. The highest BCUT2D eigenvalue weighted by atomic mass is 32.2. The predicted molar refractivity (Wildman–Crippen MR) is 122 cm³/mol.